The number of rotatable bonds is 65. The van der Waals surface area contributed by atoms with E-state index in [1.54, 1.807) is 0 Å². The number of hydrogen-bond acceptors (Lipinski definition) is 21. The van der Waals surface area contributed by atoms with E-state index in [2.05, 4.69) is 13.8 Å². The van der Waals surface area contributed by atoms with Crippen LogP contribution in [0, 0.1) is 11.8 Å². The lowest BCUT2D eigenvalue weighted by atomic mass is 10.1. The maximum Gasteiger partial charge on any atom is 0.137 e. The maximum atomic E-state index is 11.5. The third kappa shape index (κ3) is 64.9. The van der Waals surface area contributed by atoms with Crippen molar-refractivity contribution in [3.8, 4) is 0 Å². The van der Waals surface area contributed by atoms with Crippen LogP contribution in [-0.4, -0.2) is 270 Å². The van der Waals surface area contributed by atoms with Gasteiger partial charge in [0.15, 0.2) is 0 Å². The largest absolute Gasteiger partial charge is 0.379 e. The summed E-state index contributed by atoms with van der Waals surface area (Å²) in [6.07, 6.45) is 2.74. The van der Waals surface area contributed by atoms with Crippen LogP contribution in [0.3, 0.4) is 0 Å². The fraction of sp³-hybridized carbons (Fsp3) is 0.980. The van der Waals surface area contributed by atoms with Gasteiger partial charge in [-0.15, -0.1) is 0 Å². The fourth-order valence-electron chi connectivity index (χ4n) is 5.34. The molecule has 0 aromatic carbocycles. The first-order valence-electron chi connectivity index (χ1n) is 26.1. The molecule has 0 aromatic heterocycles. The molecule has 0 aliphatic carbocycles. The van der Waals surface area contributed by atoms with Crippen LogP contribution in [0.5, 0.6) is 0 Å². The normalized spacial score (nSPS) is 11.9. The fourth-order valence-corrected chi connectivity index (χ4v) is 5.34. The van der Waals surface area contributed by atoms with Gasteiger partial charge in [-0.05, 0) is 18.8 Å². The molecule has 0 aliphatic rings. The Morgan fingerprint density at radius 3 is 0.507 bits per heavy atom. The minimum atomic E-state index is 0.0531. The molecule has 0 radical (unpaired) electrons. The van der Waals surface area contributed by atoms with Crippen molar-refractivity contribution in [1.82, 2.24) is 0 Å². The van der Waals surface area contributed by atoms with E-state index in [4.69, 9.17) is 94.7 Å². The lowest BCUT2D eigenvalue weighted by molar-refractivity contribution is -0.123. The Bertz CT molecular complexity index is 989. The van der Waals surface area contributed by atoms with Crippen LogP contribution < -0.4 is 0 Å². The standard InChI is InChI=1S/C50H100O21/c1-48(2)6-5-8-52-10-12-54-14-16-56-18-20-58-22-24-60-26-28-62-30-32-64-34-36-66-38-40-68-42-44-70-46-47-71-45-43-69-41-39-67-37-35-65-33-31-63-29-27-61-25-23-59-21-19-57-17-15-55-13-11-53-9-7-50(51)49(3)4/h48-49H,5-47H2,1-4H3. The van der Waals surface area contributed by atoms with Crippen LogP contribution in [0.25, 0.3) is 0 Å². The van der Waals surface area contributed by atoms with Gasteiger partial charge in [-0.25, -0.2) is 0 Å². The zero-order chi connectivity index (χ0) is 51.3. The Hall–Kier alpha value is -1.13. The van der Waals surface area contributed by atoms with E-state index < -0.39 is 0 Å². The minimum absolute atomic E-state index is 0.0531. The third-order valence-corrected chi connectivity index (χ3v) is 9.28. The lowest BCUT2D eigenvalue weighted by Crippen LogP contribution is -2.16. The van der Waals surface area contributed by atoms with Crippen LogP contribution in [0.4, 0.5) is 0 Å². The van der Waals surface area contributed by atoms with Crippen molar-refractivity contribution in [1.29, 1.82) is 0 Å². The highest BCUT2D eigenvalue weighted by molar-refractivity contribution is 5.80. The van der Waals surface area contributed by atoms with E-state index in [-0.39, 0.29) is 11.7 Å². The van der Waals surface area contributed by atoms with Gasteiger partial charge >= 0.3 is 0 Å². The molecule has 21 nitrogen and oxygen atoms in total. The van der Waals surface area contributed by atoms with Crippen LogP contribution in [0.15, 0.2) is 0 Å². The minimum Gasteiger partial charge on any atom is -0.379 e. The summed E-state index contributed by atoms with van der Waals surface area (Å²) < 4.78 is 110. The van der Waals surface area contributed by atoms with Crippen molar-refractivity contribution < 1.29 is 99.5 Å². The summed E-state index contributed by atoms with van der Waals surface area (Å²) in [4.78, 5) is 11.5. The average Bonchev–Trinajstić information content (AvgIpc) is 3.36. The Morgan fingerprint density at radius 1 is 0.225 bits per heavy atom. The lowest BCUT2D eigenvalue weighted by Gasteiger charge is -2.09. The quantitative estimate of drug-likeness (QED) is 0.0802. The van der Waals surface area contributed by atoms with E-state index in [0.29, 0.717) is 264 Å². The summed E-state index contributed by atoms with van der Waals surface area (Å²) in [6, 6.07) is 0. The molecule has 0 rings (SSSR count). The molecule has 0 amide bonds. The second-order valence-corrected chi connectivity index (χ2v) is 16.2. The second kappa shape index (κ2) is 63.2. The Kier molecular flexibility index (Phi) is 62.2. The molecule has 0 aromatic rings. The van der Waals surface area contributed by atoms with Crippen molar-refractivity contribution >= 4 is 5.78 Å². The molecule has 0 unspecified atom stereocenters. The summed E-state index contributed by atoms with van der Waals surface area (Å²) in [5.41, 5.74) is 0. The monoisotopic (exact) mass is 1040 g/mol. The van der Waals surface area contributed by atoms with Gasteiger partial charge in [0.05, 0.1) is 258 Å². The predicted octanol–water partition coefficient (Wildman–Crippen LogP) is 3.37. The number of ether oxygens (including phenoxy) is 20. The zero-order valence-corrected chi connectivity index (χ0v) is 44.6. The Balaban J connectivity index is 3.08. The number of ketones is 1. The smallest absolute Gasteiger partial charge is 0.137 e. The number of carbonyl (C=O) groups is 1. The molecule has 21 heteroatoms. The molecule has 0 spiro atoms. The van der Waals surface area contributed by atoms with Crippen molar-refractivity contribution in [2.45, 2.75) is 47.0 Å². The zero-order valence-electron chi connectivity index (χ0n) is 44.6. The molecule has 0 atom stereocenters. The molecule has 0 N–H and O–H groups in total. The highest BCUT2D eigenvalue weighted by Gasteiger charge is 2.06. The van der Waals surface area contributed by atoms with Gasteiger partial charge < -0.3 is 94.7 Å². The summed E-state index contributed by atoms with van der Waals surface area (Å²) in [5.74, 6) is 0.991. The maximum absolute atomic E-state index is 11.5. The number of carbonyl (C=O) groups excluding carboxylic acids is 1. The molecule has 0 heterocycles. The molecule has 0 aliphatic heterocycles. The molecule has 0 fully saturated rings. The van der Waals surface area contributed by atoms with Crippen LogP contribution in [0.2, 0.25) is 0 Å². The van der Waals surface area contributed by atoms with Crippen molar-refractivity contribution in [2.75, 3.05) is 264 Å². The van der Waals surface area contributed by atoms with Crippen molar-refractivity contribution in [2.24, 2.45) is 11.8 Å². The first kappa shape index (κ1) is 69.9. The van der Waals surface area contributed by atoms with E-state index in [1.165, 1.54) is 6.42 Å². The summed E-state index contributed by atoms with van der Waals surface area (Å²) in [7, 11) is 0. The SMILES string of the molecule is CC(C)CCCOCCOCCOCCOCCOCCOCCOCCOCCOCCOCCOCCOCCOCCOCCOCCOCCOCCOCCOCCOCCC(=O)C(C)C. The topological polar surface area (TPSA) is 202 Å². The Labute approximate surface area is 427 Å². The third-order valence-electron chi connectivity index (χ3n) is 9.28. The second-order valence-electron chi connectivity index (χ2n) is 16.2. The van der Waals surface area contributed by atoms with E-state index >= 15 is 0 Å². The van der Waals surface area contributed by atoms with E-state index in [1.807, 2.05) is 13.8 Å². The summed E-state index contributed by atoms with van der Waals surface area (Å²) in [5, 5.41) is 0. The van der Waals surface area contributed by atoms with Gasteiger partial charge in [0.2, 0.25) is 0 Å². The molecule has 0 saturated heterocycles. The van der Waals surface area contributed by atoms with E-state index in [9.17, 15) is 4.79 Å². The molecular formula is C50H100O21. The first-order chi connectivity index (χ1) is 35.0. The number of hydrogen-bond donors (Lipinski definition) is 0. The highest BCUT2D eigenvalue weighted by Crippen LogP contribution is 2.03. The Morgan fingerprint density at radius 2 is 0.366 bits per heavy atom. The van der Waals surface area contributed by atoms with Crippen molar-refractivity contribution in [3.63, 3.8) is 0 Å². The van der Waals surface area contributed by atoms with E-state index in [0.717, 1.165) is 18.9 Å². The van der Waals surface area contributed by atoms with Crippen LogP contribution >= 0.6 is 0 Å². The average molecular weight is 1040 g/mol. The molecular weight excluding hydrogens is 937 g/mol. The molecule has 0 saturated carbocycles. The van der Waals surface area contributed by atoms with Gasteiger partial charge in [0, 0.05) is 18.9 Å². The highest BCUT2D eigenvalue weighted by atomic mass is 16.6. The van der Waals surface area contributed by atoms with Crippen LogP contribution in [-0.2, 0) is 99.5 Å². The molecule has 426 valence electrons. The van der Waals surface area contributed by atoms with Gasteiger partial charge in [-0.3, -0.25) is 4.79 Å². The van der Waals surface area contributed by atoms with Crippen molar-refractivity contribution in [3.05, 3.63) is 0 Å². The van der Waals surface area contributed by atoms with Gasteiger partial charge in [0.25, 0.3) is 0 Å². The number of Topliss-reactive ketones (excluding diaryl/α,β-unsaturated/α-hetero) is 1. The van der Waals surface area contributed by atoms with Gasteiger partial charge in [-0.1, -0.05) is 27.7 Å². The van der Waals surface area contributed by atoms with Gasteiger partial charge in [-0.2, -0.15) is 0 Å². The molecule has 0 bridgehead atoms. The molecule has 71 heavy (non-hydrogen) atoms. The predicted molar refractivity (Wildman–Crippen MR) is 265 cm³/mol. The summed E-state index contributed by atoms with van der Waals surface area (Å²) in [6.45, 7) is 28.6. The van der Waals surface area contributed by atoms with Gasteiger partial charge in [0.1, 0.15) is 5.78 Å². The first-order valence-corrected chi connectivity index (χ1v) is 26.1. The van der Waals surface area contributed by atoms with Crippen LogP contribution in [0.1, 0.15) is 47.0 Å². The summed E-state index contributed by atoms with van der Waals surface area (Å²) >= 11 is 0.